The largest absolute Gasteiger partial charge is 0.369 e. The van der Waals surface area contributed by atoms with E-state index >= 15 is 0 Å². The van der Waals surface area contributed by atoms with Crippen LogP contribution in [0.1, 0.15) is 37.9 Å². The van der Waals surface area contributed by atoms with Crippen LogP contribution >= 0.6 is 15.9 Å². The zero-order valence-electron chi connectivity index (χ0n) is 12.4. The summed E-state index contributed by atoms with van der Waals surface area (Å²) in [6.45, 7) is 9.26. The summed E-state index contributed by atoms with van der Waals surface area (Å²) in [7, 11) is 0. The zero-order valence-corrected chi connectivity index (χ0v) is 14.0. The van der Waals surface area contributed by atoms with E-state index in [2.05, 4.69) is 78.2 Å². The highest BCUT2D eigenvalue weighted by molar-refractivity contribution is 9.10. The summed E-state index contributed by atoms with van der Waals surface area (Å²) in [6, 6.07) is 8.31. The topological polar surface area (TPSA) is 37.8 Å². The molecule has 0 spiro atoms. The second-order valence-corrected chi connectivity index (χ2v) is 5.94. The molecule has 20 heavy (non-hydrogen) atoms. The monoisotopic (exact) mass is 333 g/mol. The van der Waals surface area contributed by atoms with Crippen molar-refractivity contribution in [3.63, 3.8) is 0 Å². The molecule has 1 heterocycles. The number of benzene rings is 1. The first-order valence-corrected chi connectivity index (χ1v) is 7.70. The van der Waals surface area contributed by atoms with Crippen LogP contribution in [0.4, 0.5) is 5.82 Å². The van der Waals surface area contributed by atoms with E-state index in [4.69, 9.17) is 4.98 Å². The Balaban J connectivity index is 2.55. The van der Waals surface area contributed by atoms with Crippen molar-refractivity contribution in [3.8, 4) is 11.4 Å². The van der Waals surface area contributed by atoms with Crippen LogP contribution in [0.2, 0.25) is 0 Å². The number of halogens is 1. The molecule has 0 amide bonds. The van der Waals surface area contributed by atoms with Crippen LogP contribution in [0, 0.1) is 6.92 Å². The van der Waals surface area contributed by atoms with Gasteiger partial charge < -0.3 is 5.32 Å². The molecule has 2 rings (SSSR count). The Labute approximate surface area is 129 Å². The first-order valence-electron chi connectivity index (χ1n) is 6.91. The number of nitrogens with zero attached hydrogens (tertiary/aromatic N) is 2. The summed E-state index contributed by atoms with van der Waals surface area (Å²) < 4.78 is 0.963. The summed E-state index contributed by atoms with van der Waals surface area (Å²) in [5.41, 5.74) is 3.32. The van der Waals surface area contributed by atoms with Gasteiger partial charge in [0.05, 0.1) is 10.2 Å². The van der Waals surface area contributed by atoms with Crippen LogP contribution in [0.5, 0.6) is 0 Å². The number of aromatic nitrogens is 2. The fourth-order valence-corrected chi connectivity index (χ4v) is 2.74. The van der Waals surface area contributed by atoms with Crippen LogP contribution in [-0.2, 0) is 0 Å². The van der Waals surface area contributed by atoms with Crippen molar-refractivity contribution in [2.75, 3.05) is 11.9 Å². The fourth-order valence-electron chi connectivity index (χ4n) is 1.96. The number of aryl methyl sites for hydroxylation is 1. The predicted octanol–water partition coefficient (Wildman–Crippen LogP) is 4.77. The lowest BCUT2D eigenvalue weighted by Gasteiger charge is -2.14. The van der Waals surface area contributed by atoms with E-state index < -0.39 is 0 Å². The lowest BCUT2D eigenvalue weighted by atomic mass is 10.1. The first kappa shape index (κ1) is 15.0. The van der Waals surface area contributed by atoms with E-state index in [1.165, 1.54) is 5.56 Å². The van der Waals surface area contributed by atoms with Gasteiger partial charge >= 0.3 is 0 Å². The molecular weight excluding hydrogens is 314 g/mol. The summed E-state index contributed by atoms with van der Waals surface area (Å²) in [4.78, 5) is 9.35. The number of nitrogens with one attached hydrogen (secondary N) is 1. The van der Waals surface area contributed by atoms with Crippen LogP contribution in [-0.4, -0.2) is 16.5 Å². The van der Waals surface area contributed by atoms with E-state index in [-0.39, 0.29) is 0 Å². The van der Waals surface area contributed by atoms with Gasteiger partial charge in [0.1, 0.15) is 5.82 Å². The minimum Gasteiger partial charge on any atom is -0.369 e. The average Bonchev–Trinajstić information content (AvgIpc) is 2.42. The lowest BCUT2D eigenvalue weighted by molar-refractivity contribution is 0.809. The second-order valence-electron chi connectivity index (χ2n) is 5.15. The van der Waals surface area contributed by atoms with Gasteiger partial charge in [-0.1, -0.05) is 43.7 Å². The molecule has 1 aromatic heterocycles. The third kappa shape index (κ3) is 3.18. The van der Waals surface area contributed by atoms with Crippen molar-refractivity contribution < 1.29 is 0 Å². The molecule has 0 atom stereocenters. The molecule has 106 valence electrons. The molecule has 0 radical (unpaired) electrons. The molecule has 0 unspecified atom stereocenters. The zero-order chi connectivity index (χ0) is 14.7. The van der Waals surface area contributed by atoms with Gasteiger partial charge in [-0.05, 0) is 35.7 Å². The van der Waals surface area contributed by atoms with E-state index in [0.29, 0.717) is 5.92 Å². The van der Waals surface area contributed by atoms with Crippen LogP contribution in [0.25, 0.3) is 11.4 Å². The number of hydrogen-bond acceptors (Lipinski definition) is 3. The Morgan fingerprint density at radius 3 is 2.35 bits per heavy atom. The second kappa shape index (κ2) is 6.35. The third-order valence-electron chi connectivity index (χ3n) is 3.08. The van der Waals surface area contributed by atoms with Gasteiger partial charge in [-0.25, -0.2) is 9.97 Å². The highest BCUT2D eigenvalue weighted by Crippen LogP contribution is 2.31. The molecule has 4 heteroatoms. The summed E-state index contributed by atoms with van der Waals surface area (Å²) in [5.74, 6) is 1.98. The quantitative estimate of drug-likeness (QED) is 0.875. The lowest BCUT2D eigenvalue weighted by Crippen LogP contribution is -2.07. The number of hydrogen-bond donors (Lipinski definition) is 1. The van der Waals surface area contributed by atoms with E-state index in [9.17, 15) is 0 Å². The van der Waals surface area contributed by atoms with Gasteiger partial charge in [0.2, 0.25) is 0 Å². The summed E-state index contributed by atoms with van der Waals surface area (Å²) in [6.07, 6.45) is 0. The molecule has 0 aliphatic carbocycles. The molecule has 0 saturated heterocycles. The van der Waals surface area contributed by atoms with Gasteiger partial charge in [-0.3, -0.25) is 0 Å². The fraction of sp³-hybridized carbons (Fsp3) is 0.375. The standard InChI is InChI=1S/C16H20BrN3/c1-5-18-16-13(17)14(10(2)3)19-15(20-16)12-8-6-11(4)7-9-12/h6-10H,5H2,1-4H3,(H,18,19,20). The molecule has 0 fully saturated rings. The van der Waals surface area contributed by atoms with Gasteiger partial charge in [0, 0.05) is 12.1 Å². The van der Waals surface area contributed by atoms with Crippen molar-refractivity contribution in [1.82, 2.24) is 9.97 Å². The maximum Gasteiger partial charge on any atom is 0.161 e. The van der Waals surface area contributed by atoms with Gasteiger partial charge in [-0.15, -0.1) is 0 Å². The smallest absolute Gasteiger partial charge is 0.161 e. The molecule has 2 aromatic rings. The highest BCUT2D eigenvalue weighted by atomic mass is 79.9. The Morgan fingerprint density at radius 1 is 1.15 bits per heavy atom. The Kier molecular flexibility index (Phi) is 4.76. The van der Waals surface area contributed by atoms with E-state index in [0.717, 1.165) is 33.9 Å². The van der Waals surface area contributed by atoms with Crippen molar-refractivity contribution >= 4 is 21.7 Å². The molecule has 0 bridgehead atoms. The molecule has 1 aromatic carbocycles. The minimum absolute atomic E-state index is 0.342. The normalized spacial score (nSPS) is 10.9. The Bertz CT molecular complexity index is 591. The van der Waals surface area contributed by atoms with Crippen molar-refractivity contribution in [3.05, 3.63) is 40.0 Å². The van der Waals surface area contributed by atoms with E-state index in [1.54, 1.807) is 0 Å². The van der Waals surface area contributed by atoms with Gasteiger partial charge in [-0.2, -0.15) is 0 Å². The molecule has 3 nitrogen and oxygen atoms in total. The summed E-state index contributed by atoms with van der Waals surface area (Å²) in [5, 5.41) is 3.29. The molecule has 1 N–H and O–H groups in total. The molecule has 0 saturated carbocycles. The van der Waals surface area contributed by atoms with Gasteiger partial charge in [0.15, 0.2) is 5.82 Å². The Morgan fingerprint density at radius 2 is 1.80 bits per heavy atom. The molecular formula is C16H20BrN3. The van der Waals surface area contributed by atoms with Crippen molar-refractivity contribution in [1.29, 1.82) is 0 Å². The number of rotatable bonds is 4. The minimum atomic E-state index is 0.342. The van der Waals surface area contributed by atoms with E-state index in [1.807, 2.05) is 0 Å². The van der Waals surface area contributed by atoms with Crippen LogP contribution < -0.4 is 5.32 Å². The highest BCUT2D eigenvalue weighted by Gasteiger charge is 2.15. The maximum absolute atomic E-state index is 4.72. The Hall–Kier alpha value is -1.42. The van der Waals surface area contributed by atoms with Gasteiger partial charge in [0.25, 0.3) is 0 Å². The SMILES string of the molecule is CCNc1nc(-c2ccc(C)cc2)nc(C(C)C)c1Br. The predicted molar refractivity (Wildman–Crippen MR) is 88.2 cm³/mol. The van der Waals surface area contributed by atoms with Crippen molar-refractivity contribution in [2.45, 2.75) is 33.6 Å². The van der Waals surface area contributed by atoms with Crippen LogP contribution in [0.3, 0.4) is 0 Å². The average molecular weight is 334 g/mol. The molecule has 0 aliphatic rings. The van der Waals surface area contributed by atoms with Crippen molar-refractivity contribution in [2.24, 2.45) is 0 Å². The third-order valence-corrected chi connectivity index (χ3v) is 3.86. The maximum atomic E-state index is 4.72. The van der Waals surface area contributed by atoms with Crippen LogP contribution in [0.15, 0.2) is 28.7 Å². The number of anilines is 1. The summed E-state index contributed by atoms with van der Waals surface area (Å²) >= 11 is 3.61. The first-order chi connectivity index (χ1) is 9.52. The molecule has 0 aliphatic heterocycles.